The average molecular weight is 451 g/mol. The first-order chi connectivity index (χ1) is 16.1. The van der Waals surface area contributed by atoms with Crippen LogP contribution in [0, 0.1) is 11.8 Å². The van der Waals surface area contributed by atoms with Crippen molar-refractivity contribution in [3.63, 3.8) is 0 Å². The maximum atomic E-state index is 13.2. The van der Waals surface area contributed by atoms with Gasteiger partial charge in [0.05, 0.1) is 0 Å². The second kappa shape index (κ2) is 12.9. The van der Waals surface area contributed by atoms with Crippen molar-refractivity contribution < 1.29 is 9.90 Å². The number of aliphatic hydroxyl groups is 1. The number of benzene rings is 2. The monoisotopic (exact) mass is 450 g/mol. The van der Waals surface area contributed by atoms with E-state index in [0.29, 0.717) is 12.5 Å². The molecule has 3 N–H and O–H groups in total. The van der Waals surface area contributed by atoms with E-state index in [-0.39, 0.29) is 11.8 Å². The predicted molar refractivity (Wildman–Crippen MR) is 136 cm³/mol. The number of rotatable bonds is 14. The Hall–Kier alpha value is -2.17. The number of nitrogens with zero attached hydrogens (tertiary/aromatic N) is 1. The van der Waals surface area contributed by atoms with Crippen LogP contribution >= 0.6 is 0 Å². The fourth-order valence-corrected chi connectivity index (χ4v) is 5.64. The van der Waals surface area contributed by atoms with Gasteiger partial charge in [-0.3, -0.25) is 4.79 Å². The molecule has 4 heteroatoms. The second-order valence-corrected chi connectivity index (χ2v) is 9.86. The Morgan fingerprint density at radius 3 is 2.12 bits per heavy atom. The Kier molecular flexibility index (Phi) is 9.95. The van der Waals surface area contributed by atoms with Gasteiger partial charge in [0.1, 0.15) is 5.41 Å². The summed E-state index contributed by atoms with van der Waals surface area (Å²) in [5.41, 5.74) is 7.42. The lowest BCUT2D eigenvalue weighted by atomic mass is 9.64. The molecular formula is C29H42N2O2. The van der Waals surface area contributed by atoms with E-state index in [0.717, 1.165) is 43.6 Å². The van der Waals surface area contributed by atoms with E-state index in [2.05, 4.69) is 36.1 Å². The molecule has 33 heavy (non-hydrogen) atoms. The molecule has 0 saturated carbocycles. The highest BCUT2D eigenvalue weighted by molar-refractivity contribution is 5.91. The standard InChI is InChI=1S/C29H42N2O2/c1-24(19-22-32)13-7-3-2-4-12-20-31-21-18-27(23-31)29(28(30)33,25-14-8-5-9-15-25)26-16-10-6-11-17-26/h5-6,8-11,14-17,24,27,32H,2-4,7,12-13,18-23H2,1H3,(H2,30,33). The van der Waals surface area contributed by atoms with Gasteiger partial charge in [-0.25, -0.2) is 0 Å². The number of carbonyl (C=O) groups is 1. The number of unbranched alkanes of at least 4 members (excludes halogenated alkanes) is 4. The van der Waals surface area contributed by atoms with E-state index < -0.39 is 5.41 Å². The molecule has 0 radical (unpaired) electrons. The average Bonchev–Trinajstić information content (AvgIpc) is 3.29. The zero-order valence-corrected chi connectivity index (χ0v) is 20.3. The Morgan fingerprint density at radius 2 is 1.55 bits per heavy atom. The molecule has 2 aromatic rings. The smallest absolute Gasteiger partial charge is 0.232 e. The molecule has 1 saturated heterocycles. The van der Waals surface area contributed by atoms with E-state index in [9.17, 15) is 4.79 Å². The number of primary amides is 1. The summed E-state index contributed by atoms with van der Waals surface area (Å²) in [5.74, 6) is 0.561. The van der Waals surface area contributed by atoms with Crippen molar-refractivity contribution in [3.8, 4) is 0 Å². The number of carbonyl (C=O) groups excluding carboxylic acids is 1. The third kappa shape index (κ3) is 6.45. The summed E-state index contributed by atoms with van der Waals surface area (Å²) < 4.78 is 0. The molecule has 1 fully saturated rings. The van der Waals surface area contributed by atoms with Gasteiger partial charge in [0.2, 0.25) is 5.91 Å². The van der Waals surface area contributed by atoms with Gasteiger partial charge >= 0.3 is 0 Å². The highest BCUT2D eigenvalue weighted by Crippen LogP contribution is 2.43. The van der Waals surface area contributed by atoms with Gasteiger partial charge in [0.25, 0.3) is 0 Å². The molecule has 0 aliphatic carbocycles. The summed E-state index contributed by atoms with van der Waals surface area (Å²) in [5, 5.41) is 9.01. The summed E-state index contributed by atoms with van der Waals surface area (Å²) in [6, 6.07) is 20.2. The van der Waals surface area contributed by atoms with Crippen LogP contribution in [-0.4, -0.2) is 42.2 Å². The van der Waals surface area contributed by atoms with E-state index in [1.165, 1.54) is 38.5 Å². The molecule has 2 aromatic carbocycles. The first-order valence-electron chi connectivity index (χ1n) is 12.8. The van der Waals surface area contributed by atoms with Crippen LogP contribution in [0.5, 0.6) is 0 Å². The number of amides is 1. The number of hydrogen-bond donors (Lipinski definition) is 2. The van der Waals surface area contributed by atoms with E-state index in [1.807, 2.05) is 36.4 Å². The van der Waals surface area contributed by atoms with Gasteiger partial charge in [-0.2, -0.15) is 0 Å². The van der Waals surface area contributed by atoms with Crippen molar-refractivity contribution in [1.82, 2.24) is 4.90 Å². The highest BCUT2D eigenvalue weighted by atomic mass is 16.3. The van der Waals surface area contributed by atoms with E-state index in [1.54, 1.807) is 0 Å². The summed E-state index contributed by atoms with van der Waals surface area (Å²) in [7, 11) is 0. The molecule has 3 rings (SSSR count). The largest absolute Gasteiger partial charge is 0.396 e. The van der Waals surface area contributed by atoms with Crippen LogP contribution in [0.25, 0.3) is 0 Å². The van der Waals surface area contributed by atoms with Crippen molar-refractivity contribution in [2.45, 2.75) is 63.7 Å². The van der Waals surface area contributed by atoms with Gasteiger partial charge in [0, 0.05) is 13.2 Å². The Morgan fingerprint density at radius 1 is 0.970 bits per heavy atom. The van der Waals surface area contributed by atoms with Gasteiger partial charge < -0.3 is 15.7 Å². The van der Waals surface area contributed by atoms with E-state index in [4.69, 9.17) is 10.8 Å². The Bertz CT molecular complexity index is 785. The van der Waals surface area contributed by atoms with Crippen LogP contribution in [0.2, 0.25) is 0 Å². The normalized spacial score (nSPS) is 17.8. The van der Waals surface area contributed by atoms with Crippen LogP contribution < -0.4 is 5.73 Å². The fraction of sp³-hybridized carbons (Fsp3) is 0.552. The molecule has 0 spiro atoms. The molecule has 1 aliphatic heterocycles. The van der Waals surface area contributed by atoms with Crippen molar-refractivity contribution in [2.24, 2.45) is 17.6 Å². The topological polar surface area (TPSA) is 66.6 Å². The molecule has 1 heterocycles. The van der Waals surface area contributed by atoms with Crippen LogP contribution in [0.4, 0.5) is 0 Å². The molecule has 2 unspecified atom stereocenters. The number of nitrogens with two attached hydrogens (primary N) is 1. The van der Waals surface area contributed by atoms with E-state index >= 15 is 0 Å². The van der Waals surface area contributed by atoms with Gasteiger partial charge in [-0.15, -0.1) is 0 Å². The molecule has 1 amide bonds. The quantitative estimate of drug-likeness (QED) is 0.392. The lowest BCUT2D eigenvalue weighted by Crippen LogP contribution is -2.49. The summed E-state index contributed by atoms with van der Waals surface area (Å²) in [6.45, 7) is 5.57. The summed E-state index contributed by atoms with van der Waals surface area (Å²) in [6.07, 6.45) is 9.43. The van der Waals surface area contributed by atoms with Crippen molar-refractivity contribution in [3.05, 3.63) is 71.8 Å². The van der Waals surface area contributed by atoms with Gasteiger partial charge in [-0.1, -0.05) is 99.7 Å². The molecule has 180 valence electrons. The lowest BCUT2D eigenvalue weighted by Gasteiger charge is -2.37. The number of hydrogen-bond acceptors (Lipinski definition) is 3. The van der Waals surface area contributed by atoms with Crippen molar-refractivity contribution in [2.75, 3.05) is 26.2 Å². The molecular weight excluding hydrogens is 408 g/mol. The zero-order valence-electron chi connectivity index (χ0n) is 20.3. The maximum Gasteiger partial charge on any atom is 0.232 e. The minimum Gasteiger partial charge on any atom is -0.396 e. The van der Waals surface area contributed by atoms with Crippen molar-refractivity contribution in [1.29, 1.82) is 0 Å². The first kappa shape index (κ1) is 25.5. The molecule has 2 atom stereocenters. The lowest BCUT2D eigenvalue weighted by molar-refractivity contribution is -0.123. The highest BCUT2D eigenvalue weighted by Gasteiger charge is 2.49. The second-order valence-electron chi connectivity index (χ2n) is 9.86. The van der Waals surface area contributed by atoms with Crippen LogP contribution in [0.15, 0.2) is 60.7 Å². The zero-order chi connectivity index (χ0) is 23.5. The Labute approximate surface area is 200 Å². The maximum absolute atomic E-state index is 13.2. The first-order valence-corrected chi connectivity index (χ1v) is 12.8. The third-order valence-corrected chi connectivity index (χ3v) is 7.52. The molecule has 1 aliphatic rings. The fourth-order valence-electron chi connectivity index (χ4n) is 5.64. The molecule has 0 bridgehead atoms. The third-order valence-electron chi connectivity index (χ3n) is 7.52. The summed E-state index contributed by atoms with van der Waals surface area (Å²) in [4.78, 5) is 15.7. The number of aliphatic hydroxyl groups excluding tert-OH is 1. The van der Waals surface area contributed by atoms with Crippen LogP contribution in [-0.2, 0) is 10.2 Å². The SMILES string of the molecule is CC(CCO)CCCCCCCN1CCC(C(C(N)=O)(c2ccccc2)c2ccccc2)C1. The minimum atomic E-state index is -0.789. The number of likely N-dealkylation sites (tertiary alicyclic amines) is 1. The van der Waals surface area contributed by atoms with Gasteiger partial charge in [-0.05, 0) is 55.3 Å². The molecule has 0 aromatic heterocycles. The Balaban J connectivity index is 1.57. The predicted octanol–water partition coefficient (Wildman–Crippen LogP) is 5.14. The summed E-state index contributed by atoms with van der Waals surface area (Å²) >= 11 is 0. The minimum absolute atomic E-state index is 0.174. The molecule has 4 nitrogen and oxygen atoms in total. The van der Waals surface area contributed by atoms with Crippen molar-refractivity contribution >= 4 is 5.91 Å². The van der Waals surface area contributed by atoms with Crippen LogP contribution in [0.3, 0.4) is 0 Å². The van der Waals surface area contributed by atoms with Gasteiger partial charge in [0.15, 0.2) is 0 Å². The van der Waals surface area contributed by atoms with Crippen LogP contribution in [0.1, 0.15) is 69.4 Å².